The van der Waals surface area contributed by atoms with Crippen LogP contribution in [-0.4, -0.2) is 35.9 Å². The van der Waals surface area contributed by atoms with Gasteiger partial charge in [0.15, 0.2) is 17.1 Å². The summed E-state index contributed by atoms with van der Waals surface area (Å²) in [6.07, 6.45) is 3.54. The number of carbonyl (C=O) groups excluding carboxylic acids is 3. The van der Waals surface area contributed by atoms with Crippen LogP contribution in [0.5, 0.6) is 5.75 Å². The number of methoxy groups -OCH3 is 1. The molecule has 2 amide bonds. The van der Waals surface area contributed by atoms with E-state index in [0.717, 1.165) is 11.3 Å². The summed E-state index contributed by atoms with van der Waals surface area (Å²) in [4.78, 5) is 43.4. The minimum absolute atomic E-state index is 0.0985. The number of benzene rings is 3. The lowest BCUT2D eigenvalue weighted by Crippen LogP contribution is -2.53. The van der Waals surface area contributed by atoms with Gasteiger partial charge in [-0.3, -0.25) is 14.4 Å². The lowest BCUT2D eigenvalue weighted by Gasteiger charge is -2.39. The number of amides is 2. The zero-order valence-electron chi connectivity index (χ0n) is 22.4. The van der Waals surface area contributed by atoms with Crippen LogP contribution < -0.4 is 20.3 Å². The third kappa shape index (κ3) is 3.62. The number of para-hydroxylation sites is 2. The van der Waals surface area contributed by atoms with Crippen molar-refractivity contribution in [1.82, 2.24) is 5.16 Å². The molecule has 0 bridgehead atoms. The summed E-state index contributed by atoms with van der Waals surface area (Å²) in [7, 11) is 1.61. The van der Waals surface area contributed by atoms with Crippen LogP contribution >= 0.6 is 0 Å². The van der Waals surface area contributed by atoms with Gasteiger partial charge in [-0.15, -0.1) is 0 Å². The standard InChI is InChI=1S/C32H26N4O5/c1-18-28(26(41-35-18)16-13-19-11-14-20(40-2)15-12-19)36-29(27-21-7-3-5-9-23(21)33-30(27)38)25(37)17-32(36)22-8-4-6-10-24(22)34-31(32)39/h3-16,27,29H,17H2,1-2H3,(H,33,38)(H,34,39)/b16-13+. The number of carbonyl (C=O) groups is 3. The highest BCUT2D eigenvalue weighted by molar-refractivity contribution is 6.17. The molecule has 1 fully saturated rings. The Morgan fingerprint density at radius 3 is 2.46 bits per heavy atom. The van der Waals surface area contributed by atoms with Crippen molar-refractivity contribution in [3.8, 4) is 5.75 Å². The van der Waals surface area contributed by atoms with Crippen molar-refractivity contribution in [3.05, 3.63) is 101 Å². The second-order valence-electron chi connectivity index (χ2n) is 10.5. The number of anilines is 3. The Hall–Kier alpha value is -5.18. The van der Waals surface area contributed by atoms with E-state index in [1.807, 2.05) is 78.9 Å². The molecular weight excluding hydrogens is 520 g/mol. The monoisotopic (exact) mass is 546 g/mol. The molecule has 9 heteroatoms. The second kappa shape index (κ2) is 9.19. The molecule has 0 saturated carbocycles. The number of hydrogen-bond acceptors (Lipinski definition) is 7. The van der Waals surface area contributed by atoms with Crippen molar-refractivity contribution in [2.75, 3.05) is 22.6 Å². The molecule has 9 nitrogen and oxygen atoms in total. The molecule has 0 aliphatic carbocycles. The Balaban J connectivity index is 1.42. The maximum atomic E-state index is 14.1. The lowest BCUT2D eigenvalue weighted by atomic mass is 9.87. The van der Waals surface area contributed by atoms with Gasteiger partial charge in [0.1, 0.15) is 23.2 Å². The lowest BCUT2D eigenvalue weighted by molar-refractivity contribution is -0.124. The molecule has 3 aliphatic heterocycles. The summed E-state index contributed by atoms with van der Waals surface area (Å²) < 4.78 is 11.1. The van der Waals surface area contributed by atoms with Crippen molar-refractivity contribution >= 4 is 46.8 Å². The van der Waals surface area contributed by atoms with Gasteiger partial charge in [-0.05, 0) is 48.4 Å². The van der Waals surface area contributed by atoms with Gasteiger partial charge in [-0.1, -0.05) is 59.8 Å². The molecule has 1 saturated heterocycles. The van der Waals surface area contributed by atoms with Gasteiger partial charge >= 0.3 is 0 Å². The van der Waals surface area contributed by atoms with E-state index in [1.165, 1.54) is 0 Å². The molecule has 41 heavy (non-hydrogen) atoms. The number of hydrogen-bond donors (Lipinski definition) is 2. The topological polar surface area (TPSA) is 114 Å². The minimum Gasteiger partial charge on any atom is -0.497 e. The summed E-state index contributed by atoms with van der Waals surface area (Å²) >= 11 is 0. The third-order valence-corrected chi connectivity index (χ3v) is 8.24. The molecule has 0 radical (unpaired) electrons. The van der Waals surface area contributed by atoms with Crippen LogP contribution in [0, 0.1) is 6.92 Å². The molecular formula is C32H26N4O5. The second-order valence-corrected chi connectivity index (χ2v) is 10.5. The third-order valence-electron chi connectivity index (χ3n) is 8.24. The Bertz CT molecular complexity index is 1760. The van der Waals surface area contributed by atoms with Crippen LogP contribution in [0.25, 0.3) is 12.2 Å². The summed E-state index contributed by atoms with van der Waals surface area (Å²) in [5, 5.41) is 10.2. The van der Waals surface area contributed by atoms with Gasteiger partial charge in [-0.2, -0.15) is 0 Å². The number of ketones is 1. The zero-order chi connectivity index (χ0) is 28.3. The van der Waals surface area contributed by atoms with E-state index < -0.39 is 17.5 Å². The van der Waals surface area contributed by atoms with Gasteiger partial charge in [0.2, 0.25) is 5.91 Å². The van der Waals surface area contributed by atoms with E-state index in [2.05, 4.69) is 15.8 Å². The van der Waals surface area contributed by atoms with Crippen molar-refractivity contribution in [1.29, 1.82) is 0 Å². The number of aryl methyl sites for hydroxylation is 1. The first-order chi connectivity index (χ1) is 19.9. The first-order valence-electron chi connectivity index (χ1n) is 13.3. The predicted molar refractivity (Wildman–Crippen MR) is 154 cm³/mol. The van der Waals surface area contributed by atoms with E-state index >= 15 is 0 Å². The van der Waals surface area contributed by atoms with Crippen molar-refractivity contribution in [2.24, 2.45) is 0 Å². The fourth-order valence-corrected chi connectivity index (χ4v) is 6.42. The fourth-order valence-electron chi connectivity index (χ4n) is 6.42. The molecule has 1 spiro atoms. The molecule has 1 aromatic heterocycles. The normalized spacial score (nSPS) is 22.8. The molecule has 204 valence electrons. The maximum absolute atomic E-state index is 14.1. The summed E-state index contributed by atoms with van der Waals surface area (Å²) in [5.74, 6) is -0.540. The average molecular weight is 547 g/mol. The van der Waals surface area contributed by atoms with E-state index in [0.29, 0.717) is 39.6 Å². The van der Waals surface area contributed by atoms with E-state index in [9.17, 15) is 14.4 Å². The maximum Gasteiger partial charge on any atom is 0.255 e. The molecule has 3 atom stereocenters. The zero-order valence-corrected chi connectivity index (χ0v) is 22.4. The largest absolute Gasteiger partial charge is 0.497 e. The number of nitrogens with zero attached hydrogens (tertiary/aromatic N) is 2. The highest BCUT2D eigenvalue weighted by Crippen LogP contribution is 2.55. The number of rotatable bonds is 5. The van der Waals surface area contributed by atoms with Crippen LogP contribution in [-0.2, 0) is 19.9 Å². The van der Waals surface area contributed by atoms with Crippen LogP contribution in [0.4, 0.5) is 17.1 Å². The van der Waals surface area contributed by atoms with E-state index in [1.54, 1.807) is 25.0 Å². The SMILES string of the molecule is COc1ccc(/C=C/c2onc(C)c2N2C(C3C(=O)Nc4ccccc43)C(=O)CC23C(=O)Nc2ccccc23)cc1. The molecule has 3 aromatic carbocycles. The summed E-state index contributed by atoms with van der Waals surface area (Å²) in [6.45, 7) is 1.78. The molecule has 3 aliphatic rings. The van der Waals surface area contributed by atoms with Crippen LogP contribution in [0.15, 0.2) is 77.3 Å². The molecule has 4 aromatic rings. The first-order valence-corrected chi connectivity index (χ1v) is 13.3. The summed E-state index contributed by atoms with van der Waals surface area (Å²) in [5.41, 5.74) is 3.20. The van der Waals surface area contributed by atoms with Gasteiger partial charge in [-0.25, -0.2) is 0 Å². The predicted octanol–water partition coefficient (Wildman–Crippen LogP) is 4.89. The average Bonchev–Trinajstić information content (AvgIpc) is 3.68. The molecule has 3 unspecified atom stereocenters. The molecule has 7 rings (SSSR count). The molecule has 4 heterocycles. The minimum atomic E-state index is -1.38. The molecule has 2 N–H and O–H groups in total. The highest BCUT2D eigenvalue weighted by atomic mass is 16.5. The Morgan fingerprint density at radius 1 is 0.951 bits per heavy atom. The van der Waals surface area contributed by atoms with Crippen LogP contribution in [0.2, 0.25) is 0 Å². The Kier molecular flexibility index (Phi) is 5.57. The van der Waals surface area contributed by atoms with Gasteiger partial charge in [0.05, 0.1) is 13.0 Å². The van der Waals surface area contributed by atoms with Crippen LogP contribution in [0.3, 0.4) is 0 Å². The quantitative estimate of drug-likeness (QED) is 0.366. The smallest absolute Gasteiger partial charge is 0.255 e. The summed E-state index contributed by atoms with van der Waals surface area (Å²) in [6, 6.07) is 21.3. The van der Waals surface area contributed by atoms with E-state index in [4.69, 9.17) is 9.26 Å². The van der Waals surface area contributed by atoms with Crippen molar-refractivity contribution in [2.45, 2.75) is 30.8 Å². The van der Waals surface area contributed by atoms with Gasteiger partial charge in [0.25, 0.3) is 5.91 Å². The highest BCUT2D eigenvalue weighted by Gasteiger charge is 2.64. The van der Waals surface area contributed by atoms with E-state index in [-0.39, 0.29) is 24.0 Å². The number of Topliss-reactive ketones (excluding diaryl/α,β-unsaturated/α-hetero) is 1. The number of nitrogens with one attached hydrogen (secondary N) is 2. The van der Waals surface area contributed by atoms with Crippen LogP contribution in [0.1, 0.15) is 40.5 Å². The van der Waals surface area contributed by atoms with Crippen molar-refractivity contribution < 1.29 is 23.6 Å². The first kappa shape index (κ1) is 24.8. The fraction of sp³-hybridized carbons (Fsp3) is 0.188. The number of aromatic nitrogens is 1. The Morgan fingerprint density at radius 2 is 1.68 bits per heavy atom. The van der Waals surface area contributed by atoms with Gasteiger partial charge < -0.3 is 24.8 Å². The van der Waals surface area contributed by atoms with Gasteiger partial charge in [0, 0.05) is 23.4 Å². The van der Waals surface area contributed by atoms with Crippen molar-refractivity contribution in [3.63, 3.8) is 0 Å². The number of fused-ring (bicyclic) bond motifs is 3. The number of ether oxygens (including phenoxy) is 1. The Labute approximate surface area is 235 Å².